The SMILES string of the molecule is CC1(C)CNCC(COCCN2CCNC2=O)O1. The van der Waals surface area contributed by atoms with Crippen LogP contribution in [0.15, 0.2) is 0 Å². The zero-order chi connectivity index (χ0) is 13.0. The van der Waals surface area contributed by atoms with E-state index in [1.165, 1.54) is 0 Å². The molecule has 1 atom stereocenters. The van der Waals surface area contributed by atoms with E-state index in [9.17, 15) is 4.79 Å². The summed E-state index contributed by atoms with van der Waals surface area (Å²) in [4.78, 5) is 13.0. The molecule has 2 saturated heterocycles. The van der Waals surface area contributed by atoms with Gasteiger partial charge in [0.25, 0.3) is 0 Å². The number of carbonyl (C=O) groups excluding carboxylic acids is 1. The van der Waals surface area contributed by atoms with E-state index >= 15 is 0 Å². The van der Waals surface area contributed by atoms with E-state index in [0.29, 0.717) is 19.8 Å². The minimum Gasteiger partial charge on any atom is -0.377 e. The van der Waals surface area contributed by atoms with Crippen molar-refractivity contribution in [2.24, 2.45) is 0 Å². The molecule has 2 heterocycles. The van der Waals surface area contributed by atoms with Crippen molar-refractivity contribution in [3.05, 3.63) is 0 Å². The van der Waals surface area contributed by atoms with Crippen molar-refractivity contribution >= 4 is 6.03 Å². The fourth-order valence-corrected chi connectivity index (χ4v) is 2.28. The van der Waals surface area contributed by atoms with Crippen LogP contribution in [0.3, 0.4) is 0 Å². The van der Waals surface area contributed by atoms with Gasteiger partial charge in [0.05, 0.1) is 24.9 Å². The van der Waals surface area contributed by atoms with Crippen molar-refractivity contribution < 1.29 is 14.3 Å². The van der Waals surface area contributed by atoms with Crippen LogP contribution in [0.1, 0.15) is 13.8 Å². The van der Waals surface area contributed by atoms with Crippen molar-refractivity contribution in [1.82, 2.24) is 15.5 Å². The topological polar surface area (TPSA) is 62.8 Å². The van der Waals surface area contributed by atoms with Crippen LogP contribution in [0.5, 0.6) is 0 Å². The third-order valence-corrected chi connectivity index (χ3v) is 3.16. The highest BCUT2D eigenvalue weighted by Crippen LogP contribution is 2.15. The zero-order valence-corrected chi connectivity index (χ0v) is 11.2. The number of hydrogen-bond acceptors (Lipinski definition) is 4. The van der Waals surface area contributed by atoms with E-state index in [4.69, 9.17) is 9.47 Å². The Hall–Kier alpha value is -0.850. The number of carbonyl (C=O) groups is 1. The van der Waals surface area contributed by atoms with Crippen LogP contribution >= 0.6 is 0 Å². The Morgan fingerprint density at radius 1 is 1.56 bits per heavy atom. The number of urea groups is 1. The number of nitrogens with zero attached hydrogens (tertiary/aromatic N) is 1. The van der Waals surface area contributed by atoms with Crippen molar-refractivity contribution in [3.63, 3.8) is 0 Å². The van der Waals surface area contributed by atoms with Crippen molar-refractivity contribution in [2.45, 2.75) is 25.6 Å². The Morgan fingerprint density at radius 3 is 3.06 bits per heavy atom. The Labute approximate surface area is 108 Å². The minimum absolute atomic E-state index is 0.00955. The quantitative estimate of drug-likeness (QED) is 0.669. The van der Waals surface area contributed by atoms with Gasteiger partial charge in [-0.2, -0.15) is 0 Å². The van der Waals surface area contributed by atoms with Crippen molar-refractivity contribution in [1.29, 1.82) is 0 Å². The summed E-state index contributed by atoms with van der Waals surface area (Å²) in [5.74, 6) is 0. The lowest BCUT2D eigenvalue weighted by Crippen LogP contribution is -2.52. The maximum absolute atomic E-state index is 11.3. The highest BCUT2D eigenvalue weighted by Gasteiger charge is 2.28. The first-order chi connectivity index (χ1) is 8.57. The van der Waals surface area contributed by atoms with Gasteiger partial charge >= 0.3 is 6.03 Å². The predicted molar refractivity (Wildman–Crippen MR) is 67.6 cm³/mol. The average Bonchev–Trinajstić information content (AvgIpc) is 2.69. The lowest BCUT2D eigenvalue weighted by molar-refractivity contribution is -0.120. The molecule has 2 aliphatic rings. The fourth-order valence-electron chi connectivity index (χ4n) is 2.28. The van der Waals surface area contributed by atoms with Crippen LogP contribution in [0, 0.1) is 0 Å². The monoisotopic (exact) mass is 257 g/mol. The molecule has 1 unspecified atom stereocenters. The summed E-state index contributed by atoms with van der Waals surface area (Å²) in [5, 5.41) is 6.10. The molecule has 2 rings (SSSR count). The second kappa shape index (κ2) is 5.86. The zero-order valence-electron chi connectivity index (χ0n) is 11.2. The molecular formula is C12H23N3O3. The van der Waals surface area contributed by atoms with Crippen molar-refractivity contribution in [2.75, 3.05) is 45.9 Å². The molecule has 2 aliphatic heterocycles. The summed E-state index contributed by atoms with van der Waals surface area (Å²) in [5.41, 5.74) is -0.124. The number of morpholine rings is 1. The fraction of sp³-hybridized carbons (Fsp3) is 0.917. The molecule has 0 radical (unpaired) electrons. The maximum Gasteiger partial charge on any atom is 0.317 e. The first-order valence-electron chi connectivity index (χ1n) is 6.56. The Morgan fingerprint density at radius 2 is 2.39 bits per heavy atom. The van der Waals surface area contributed by atoms with E-state index in [2.05, 4.69) is 24.5 Å². The maximum atomic E-state index is 11.3. The molecule has 0 aromatic heterocycles. The molecule has 18 heavy (non-hydrogen) atoms. The van der Waals surface area contributed by atoms with Gasteiger partial charge in [-0.15, -0.1) is 0 Å². The highest BCUT2D eigenvalue weighted by atomic mass is 16.5. The smallest absolute Gasteiger partial charge is 0.317 e. The normalized spacial score (nSPS) is 27.3. The number of rotatable bonds is 5. The van der Waals surface area contributed by atoms with E-state index in [1.54, 1.807) is 4.90 Å². The summed E-state index contributed by atoms with van der Waals surface area (Å²) < 4.78 is 11.5. The largest absolute Gasteiger partial charge is 0.377 e. The summed E-state index contributed by atoms with van der Waals surface area (Å²) in [7, 11) is 0. The molecule has 0 aromatic carbocycles. The molecule has 0 aromatic rings. The molecule has 6 heteroatoms. The summed E-state index contributed by atoms with van der Waals surface area (Å²) in [6, 6.07) is 0.00955. The Bertz CT molecular complexity index is 296. The molecule has 2 fully saturated rings. The lowest BCUT2D eigenvalue weighted by atomic mass is 10.1. The average molecular weight is 257 g/mol. The van der Waals surface area contributed by atoms with E-state index in [0.717, 1.165) is 26.2 Å². The Kier molecular flexibility index (Phi) is 4.42. The van der Waals surface area contributed by atoms with Gasteiger partial charge in [-0.25, -0.2) is 4.79 Å². The Balaban J connectivity index is 1.59. The third kappa shape index (κ3) is 3.83. The molecule has 2 amide bonds. The van der Waals surface area contributed by atoms with E-state index < -0.39 is 0 Å². The molecule has 0 bridgehead atoms. The van der Waals surface area contributed by atoms with Crippen LogP contribution in [0.25, 0.3) is 0 Å². The lowest BCUT2D eigenvalue weighted by Gasteiger charge is -2.36. The molecule has 6 nitrogen and oxygen atoms in total. The highest BCUT2D eigenvalue weighted by molar-refractivity contribution is 5.76. The number of hydrogen-bond donors (Lipinski definition) is 2. The van der Waals surface area contributed by atoms with Gasteiger partial charge < -0.3 is 25.0 Å². The first-order valence-corrected chi connectivity index (χ1v) is 6.56. The molecule has 2 N–H and O–H groups in total. The minimum atomic E-state index is -0.124. The number of nitrogens with one attached hydrogen (secondary N) is 2. The molecule has 0 saturated carbocycles. The summed E-state index contributed by atoms with van der Waals surface area (Å²) in [6.07, 6.45) is 0.0983. The summed E-state index contributed by atoms with van der Waals surface area (Å²) >= 11 is 0. The van der Waals surface area contributed by atoms with Gasteiger partial charge in [-0.05, 0) is 13.8 Å². The van der Waals surface area contributed by atoms with Crippen LogP contribution < -0.4 is 10.6 Å². The van der Waals surface area contributed by atoms with Gasteiger partial charge in [-0.3, -0.25) is 0 Å². The molecule has 104 valence electrons. The third-order valence-electron chi connectivity index (χ3n) is 3.16. The molecular weight excluding hydrogens is 234 g/mol. The predicted octanol–water partition coefficient (Wildman–Crippen LogP) is -0.205. The second-order valence-corrected chi connectivity index (χ2v) is 5.42. The van der Waals surface area contributed by atoms with Crippen LogP contribution in [-0.2, 0) is 9.47 Å². The van der Waals surface area contributed by atoms with Gasteiger partial charge in [0, 0.05) is 32.7 Å². The van der Waals surface area contributed by atoms with Crippen LogP contribution in [0.2, 0.25) is 0 Å². The van der Waals surface area contributed by atoms with E-state index in [-0.39, 0.29) is 17.7 Å². The van der Waals surface area contributed by atoms with Gasteiger partial charge in [0.15, 0.2) is 0 Å². The van der Waals surface area contributed by atoms with E-state index in [1.807, 2.05) is 0 Å². The van der Waals surface area contributed by atoms with Crippen LogP contribution in [-0.4, -0.2) is 68.6 Å². The van der Waals surface area contributed by atoms with Crippen LogP contribution in [0.4, 0.5) is 4.79 Å². The summed E-state index contributed by atoms with van der Waals surface area (Å²) in [6.45, 7) is 9.14. The van der Waals surface area contributed by atoms with Gasteiger partial charge in [0.1, 0.15) is 0 Å². The first kappa shape index (κ1) is 13.6. The van der Waals surface area contributed by atoms with Gasteiger partial charge in [0.2, 0.25) is 0 Å². The molecule has 0 spiro atoms. The standard InChI is InChI=1S/C12H23N3O3/c1-12(2)9-13-7-10(18-12)8-17-6-5-15-4-3-14-11(15)16/h10,13H,3-9H2,1-2H3,(H,14,16). The molecule has 0 aliphatic carbocycles. The second-order valence-electron chi connectivity index (χ2n) is 5.42. The van der Waals surface area contributed by atoms with Gasteiger partial charge in [-0.1, -0.05) is 0 Å². The number of amides is 2. The van der Waals surface area contributed by atoms with Crippen molar-refractivity contribution in [3.8, 4) is 0 Å². The number of ether oxygens (including phenoxy) is 2.